The molecule has 1 fully saturated rings. The van der Waals surface area contributed by atoms with Crippen LogP contribution in [0.15, 0.2) is 23.1 Å². The molecule has 1 aliphatic rings. The maximum atomic E-state index is 12.5. The molecule has 166 valence electrons. The molecule has 0 bridgehead atoms. The molecule has 0 spiro atoms. The molecule has 0 aliphatic heterocycles. The van der Waals surface area contributed by atoms with Crippen LogP contribution < -0.4 is 5.32 Å². The molecular formula is C22H34N4O3S. The van der Waals surface area contributed by atoms with Gasteiger partial charge in [-0.3, -0.25) is 4.79 Å². The molecule has 3 rings (SSSR count). The molecule has 0 atom stereocenters. The minimum absolute atomic E-state index is 0.0751. The van der Waals surface area contributed by atoms with Crippen LogP contribution in [0.3, 0.4) is 0 Å². The largest absolute Gasteiger partial charge is 0.353 e. The molecule has 8 heteroatoms. The van der Waals surface area contributed by atoms with Gasteiger partial charge in [-0.25, -0.2) is 17.7 Å². The lowest BCUT2D eigenvalue weighted by Gasteiger charge is -2.21. The van der Waals surface area contributed by atoms with E-state index in [0.29, 0.717) is 24.4 Å². The number of carbonyl (C=O) groups is 1. The Labute approximate surface area is 179 Å². The van der Waals surface area contributed by atoms with Crippen molar-refractivity contribution in [1.29, 1.82) is 0 Å². The molecule has 1 aromatic carbocycles. The quantitative estimate of drug-likeness (QED) is 0.723. The number of hydrogen-bond acceptors (Lipinski definition) is 4. The van der Waals surface area contributed by atoms with Crippen molar-refractivity contribution in [3.63, 3.8) is 0 Å². The third-order valence-corrected chi connectivity index (χ3v) is 7.75. The summed E-state index contributed by atoms with van der Waals surface area (Å²) < 4.78 is 28.1. The van der Waals surface area contributed by atoms with E-state index in [2.05, 4.69) is 14.9 Å². The van der Waals surface area contributed by atoms with Gasteiger partial charge in [0, 0.05) is 39.5 Å². The van der Waals surface area contributed by atoms with Crippen LogP contribution in [-0.4, -0.2) is 48.3 Å². The van der Waals surface area contributed by atoms with E-state index in [1.807, 2.05) is 6.92 Å². The van der Waals surface area contributed by atoms with Crippen molar-refractivity contribution in [3.05, 3.63) is 24.0 Å². The van der Waals surface area contributed by atoms with E-state index in [4.69, 9.17) is 0 Å². The van der Waals surface area contributed by atoms with Gasteiger partial charge >= 0.3 is 0 Å². The van der Waals surface area contributed by atoms with Crippen molar-refractivity contribution in [2.75, 3.05) is 14.1 Å². The average molecular weight is 435 g/mol. The maximum absolute atomic E-state index is 12.5. The summed E-state index contributed by atoms with van der Waals surface area (Å²) in [6.45, 7) is 2.75. The zero-order valence-corrected chi connectivity index (χ0v) is 19.2. The van der Waals surface area contributed by atoms with Gasteiger partial charge in [0.05, 0.1) is 15.9 Å². The fraction of sp³-hybridized carbons (Fsp3) is 0.636. The number of amides is 1. The van der Waals surface area contributed by atoms with E-state index in [-0.39, 0.29) is 10.8 Å². The number of nitrogens with zero attached hydrogens (tertiary/aromatic N) is 3. The van der Waals surface area contributed by atoms with Gasteiger partial charge in [-0.05, 0) is 38.0 Å². The number of aromatic nitrogens is 2. The SMILES string of the molecule is CCn1c(CCC(=O)NC2CCCCCCC2)nc2cc(S(=O)(=O)N(C)C)ccc21. The van der Waals surface area contributed by atoms with Crippen molar-refractivity contribution >= 4 is 27.0 Å². The molecule has 0 unspecified atom stereocenters. The third-order valence-electron chi connectivity index (χ3n) is 5.94. The first-order valence-corrected chi connectivity index (χ1v) is 12.5. The van der Waals surface area contributed by atoms with Gasteiger partial charge < -0.3 is 9.88 Å². The van der Waals surface area contributed by atoms with Crippen molar-refractivity contribution < 1.29 is 13.2 Å². The highest BCUT2D eigenvalue weighted by molar-refractivity contribution is 7.89. The van der Waals surface area contributed by atoms with Crippen LogP contribution in [0, 0.1) is 0 Å². The molecule has 1 amide bonds. The lowest BCUT2D eigenvalue weighted by molar-refractivity contribution is -0.121. The average Bonchev–Trinajstić information content (AvgIpc) is 3.04. The van der Waals surface area contributed by atoms with Crippen molar-refractivity contribution in [1.82, 2.24) is 19.2 Å². The Morgan fingerprint density at radius 2 is 1.83 bits per heavy atom. The Hall–Kier alpha value is -1.93. The Kier molecular flexibility index (Phi) is 7.52. The molecule has 1 N–H and O–H groups in total. The van der Waals surface area contributed by atoms with Crippen LogP contribution in [0.4, 0.5) is 0 Å². The highest BCUT2D eigenvalue weighted by Crippen LogP contribution is 2.23. The van der Waals surface area contributed by atoms with Gasteiger partial charge in [-0.1, -0.05) is 32.1 Å². The van der Waals surface area contributed by atoms with E-state index >= 15 is 0 Å². The Bertz CT molecular complexity index is 974. The predicted octanol–water partition coefficient (Wildman–Crippen LogP) is 3.47. The molecular weight excluding hydrogens is 400 g/mol. The minimum Gasteiger partial charge on any atom is -0.353 e. The van der Waals surface area contributed by atoms with Crippen LogP contribution in [0.1, 0.15) is 64.1 Å². The molecule has 1 aliphatic carbocycles. The van der Waals surface area contributed by atoms with Crippen LogP contribution in [-0.2, 0) is 27.8 Å². The predicted molar refractivity (Wildman–Crippen MR) is 119 cm³/mol. The van der Waals surface area contributed by atoms with Gasteiger partial charge in [-0.15, -0.1) is 0 Å². The van der Waals surface area contributed by atoms with E-state index in [9.17, 15) is 13.2 Å². The van der Waals surface area contributed by atoms with E-state index in [1.165, 1.54) is 50.5 Å². The smallest absolute Gasteiger partial charge is 0.242 e. The Morgan fingerprint density at radius 1 is 1.17 bits per heavy atom. The number of hydrogen-bond donors (Lipinski definition) is 1. The fourth-order valence-electron chi connectivity index (χ4n) is 4.20. The first kappa shape index (κ1) is 22.7. The first-order valence-electron chi connectivity index (χ1n) is 11.0. The van der Waals surface area contributed by atoms with Gasteiger partial charge in [-0.2, -0.15) is 0 Å². The van der Waals surface area contributed by atoms with Gasteiger partial charge in [0.15, 0.2) is 0 Å². The van der Waals surface area contributed by atoms with Crippen molar-refractivity contribution in [2.24, 2.45) is 0 Å². The normalized spacial score (nSPS) is 16.5. The lowest BCUT2D eigenvalue weighted by Crippen LogP contribution is -2.35. The number of sulfonamides is 1. The monoisotopic (exact) mass is 434 g/mol. The lowest BCUT2D eigenvalue weighted by atomic mass is 9.96. The standard InChI is InChI=1S/C22H34N4O3S/c1-4-26-20-13-12-18(30(28,29)25(2)3)16-19(20)24-21(26)14-15-22(27)23-17-10-8-6-5-7-9-11-17/h12-13,16-17H,4-11,14-15H2,1-3H3,(H,23,27). The summed E-state index contributed by atoms with van der Waals surface area (Å²) in [5.41, 5.74) is 1.54. The zero-order chi connectivity index (χ0) is 21.7. The van der Waals surface area contributed by atoms with E-state index in [1.54, 1.807) is 18.2 Å². The summed E-state index contributed by atoms with van der Waals surface area (Å²) in [7, 11) is -0.470. The molecule has 0 saturated heterocycles. The van der Waals surface area contributed by atoms with E-state index < -0.39 is 10.0 Å². The summed E-state index contributed by atoms with van der Waals surface area (Å²) in [4.78, 5) is 17.4. The molecule has 1 aromatic heterocycles. The van der Waals surface area contributed by atoms with Gasteiger partial charge in [0.25, 0.3) is 0 Å². The van der Waals surface area contributed by atoms with Crippen LogP contribution >= 0.6 is 0 Å². The molecule has 0 radical (unpaired) electrons. The summed E-state index contributed by atoms with van der Waals surface area (Å²) in [5, 5.41) is 3.21. The second kappa shape index (κ2) is 9.92. The summed E-state index contributed by atoms with van der Waals surface area (Å²) in [6, 6.07) is 5.34. The van der Waals surface area contributed by atoms with Gasteiger partial charge in [0.2, 0.25) is 15.9 Å². The molecule has 7 nitrogen and oxygen atoms in total. The number of rotatable bonds is 7. The first-order chi connectivity index (χ1) is 14.3. The van der Waals surface area contributed by atoms with Crippen molar-refractivity contribution in [3.8, 4) is 0 Å². The fourth-order valence-corrected chi connectivity index (χ4v) is 5.12. The zero-order valence-electron chi connectivity index (χ0n) is 18.4. The maximum Gasteiger partial charge on any atom is 0.242 e. The van der Waals surface area contributed by atoms with Crippen LogP contribution in [0.2, 0.25) is 0 Å². The minimum atomic E-state index is -3.51. The molecule has 1 saturated carbocycles. The van der Waals surface area contributed by atoms with Crippen LogP contribution in [0.25, 0.3) is 11.0 Å². The Balaban J connectivity index is 1.71. The second-order valence-electron chi connectivity index (χ2n) is 8.32. The highest BCUT2D eigenvalue weighted by atomic mass is 32.2. The van der Waals surface area contributed by atoms with Gasteiger partial charge in [0.1, 0.15) is 5.82 Å². The number of aryl methyl sites for hydroxylation is 2. The number of nitrogens with one attached hydrogen (secondary N) is 1. The molecule has 2 aromatic rings. The van der Waals surface area contributed by atoms with Crippen LogP contribution in [0.5, 0.6) is 0 Å². The number of carbonyl (C=O) groups excluding carboxylic acids is 1. The summed E-state index contributed by atoms with van der Waals surface area (Å²) in [6.07, 6.45) is 9.29. The van der Waals surface area contributed by atoms with E-state index in [0.717, 1.165) is 30.7 Å². The number of benzene rings is 1. The highest BCUT2D eigenvalue weighted by Gasteiger charge is 2.20. The summed E-state index contributed by atoms with van der Waals surface area (Å²) in [5.74, 6) is 0.894. The Morgan fingerprint density at radius 3 is 2.47 bits per heavy atom. The summed E-state index contributed by atoms with van der Waals surface area (Å²) >= 11 is 0. The molecule has 1 heterocycles. The topological polar surface area (TPSA) is 84.3 Å². The third kappa shape index (κ3) is 5.21. The number of imidazole rings is 1. The second-order valence-corrected chi connectivity index (χ2v) is 10.5. The molecule has 30 heavy (non-hydrogen) atoms. The number of fused-ring (bicyclic) bond motifs is 1. The van der Waals surface area contributed by atoms with Crippen molar-refractivity contribution in [2.45, 2.75) is 82.2 Å².